The fraction of sp³-hybridized carbons (Fsp3) is 0.348. The van der Waals surface area contributed by atoms with Crippen molar-refractivity contribution in [2.24, 2.45) is 0 Å². The topological polar surface area (TPSA) is 42.7 Å². The van der Waals surface area contributed by atoms with Crippen LogP contribution in [0, 0.1) is 6.92 Å². The third-order valence-corrected chi connectivity index (χ3v) is 5.87. The second kappa shape index (κ2) is 6.54. The van der Waals surface area contributed by atoms with Gasteiger partial charge in [-0.3, -0.25) is 4.90 Å². The lowest BCUT2D eigenvalue weighted by molar-refractivity contribution is 0.0959. The smallest absolute Gasteiger partial charge is 0.339 e. The molecule has 2 aromatic carbocycles. The molecule has 0 spiro atoms. The van der Waals surface area contributed by atoms with Crippen LogP contribution in [0.25, 0.3) is 11.0 Å². The molecular formula is C23H23NO3. The summed E-state index contributed by atoms with van der Waals surface area (Å²) in [5.41, 5.74) is 6.10. The van der Waals surface area contributed by atoms with Crippen molar-refractivity contribution in [3.8, 4) is 5.75 Å². The van der Waals surface area contributed by atoms with E-state index in [0.29, 0.717) is 12.3 Å². The molecule has 2 heterocycles. The minimum atomic E-state index is -0.168. The van der Waals surface area contributed by atoms with Crippen LogP contribution in [0.4, 0.5) is 0 Å². The van der Waals surface area contributed by atoms with Crippen LogP contribution in [-0.2, 0) is 25.8 Å². The number of fused-ring (bicyclic) bond motifs is 4. The van der Waals surface area contributed by atoms with Gasteiger partial charge < -0.3 is 9.15 Å². The minimum absolute atomic E-state index is 0.168. The highest BCUT2D eigenvalue weighted by Gasteiger charge is 2.26. The Morgan fingerprint density at radius 1 is 1.11 bits per heavy atom. The summed E-state index contributed by atoms with van der Waals surface area (Å²) < 4.78 is 11.8. The van der Waals surface area contributed by atoms with E-state index in [1.54, 1.807) is 0 Å². The predicted molar refractivity (Wildman–Crippen MR) is 105 cm³/mol. The van der Waals surface area contributed by atoms with E-state index in [0.717, 1.165) is 61.0 Å². The van der Waals surface area contributed by atoms with Crippen molar-refractivity contribution < 1.29 is 9.15 Å². The summed E-state index contributed by atoms with van der Waals surface area (Å²) in [5, 5.41) is 1.10. The molecule has 4 nitrogen and oxygen atoms in total. The fourth-order valence-electron chi connectivity index (χ4n) is 4.46. The Morgan fingerprint density at radius 2 is 1.93 bits per heavy atom. The number of aryl methyl sites for hydroxylation is 2. The Balaban J connectivity index is 1.47. The minimum Gasteiger partial charge on any atom is -0.477 e. The van der Waals surface area contributed by atoms with Gasteiger partial charge in [0.25, 0.3) is 0 Å². The van der Waals surface area contributed by atoms with Gasteiger partial charge in [0.15, 0.2) is 0 Å². The first-order chi connectivity index (χ1) is 13.2. The maximum absolute atomic E-state index is 12.3. The summed E-state index contributed by atoms with van der Waals surface area (Å²) in [6.45, 7) is 4.40. The lowest BCUT2D eigenvalue weighted by atomic mass is 9.99. The molecule has 0 radical (unpaired) electrons. The zero-order valence-electron chi connectivity index (χ0n) is 15.6. The van der Waals surface area contributed by atoms with E-state index in [1.165, 1.54) is 16.7 Å². The van der Waals surface area contributed by atoms with Crippen molar-refractivity contribution in [3.63, 3.8) is 0 Å². The van der Waals surface area contributed by atoms with Gasteiger partial charge in [-0.15, -0.1) is 0 Å². The van der Waals surface area contributed by atoms with E-state index in [9.17, 15) is 4.79 Å². The molecule has 0 fully saturated rings. The summed E-state index contributed by atoms with van der Waals surface area (Å²) in [4.78, 5) is 14.6. The Bertz CT molecular complexity index is 1070. The largest absolute Gasteiger partial charge is 0.477 e. The van der Waals surface area contributed by atoms with Gasteiger partial charge in [0.05, 0.1) is 0 Å². The van der Waals surface area contributed by atoms with Crippen LogP contribution in [0.3, 0.4) is 0 Å². The molecule has 0 saturated heterocycles. The van der Waals surface area contributed by atoms with Crippen LogP contribution in [0.2, 0.25) is 0 Å². The molecular weight excluding hydrogens is 338 g/mol. The summed E-state index contributed by atoms with van der Waals surface area (Å²) in [7, 11) is 0. The molecule has 0 bridgehead atoms. The molecule has 0 unspecified atom stereocenters. The first-order valence-corrected chi connectivity index (χ1v) is 9.71. The fourth-order valence-corrected chi connectivity index (χ4v) is 4.46. The number of benzene rings is 2. The summed E-state index contributed by atoms with van der Waals surface area (Å²) in [5.74, 6) is 0.888. The van der Waals surface area contributed by atoms with E-state index in [-0.39, 0.29) is 5.63 Å². The maximum atomic E-state index is 12.3. The second-order valence-electron chi connectivity index (χ2n) is 7.63. The molecule has 0 N–H and O–H groups in total. The average molecular weight is 361 g/mol. The molecule has 138 valence electrons. The van der Waals surface area contributed by atoms with E-state index >= 15 is 0 Å². The molecule has 4 heteroatoms. The first kappa shape index (κ1) is 16.6. The monoisotopic (exact) mass is 361 g/mol. The Hall–Kier alpha value is -2.59. The van der Waals surface area contributed by atoms with Gasteiger partial charge in [0, 0.05) is 35.2 Å². The highest BCUT2D eigenvalue weighted by atomic mass is 16.5. The van der Waals surface area contributed by atoms with Gasteiger partial charge in [-0.05, 0) is 49.8 Å². The summed E-state index contributed by atoms with van der Waals surface area (Å²) in [6.07, 6.45) is 3.85. The SMILES string of the molecule is Cc1c2c(cc3c4c(c(=O)oc13)CCC4)CN(CCc1ccccc1)CO2. The van der Waals surface area contributed by atoms with E-state index in [4.69, 9.17) is 9.15 Å². The van der Waals surface area contributed by atoms with Gasteiger partial charge in [-0.25, -0.2) is 4.79 Å². The van der Waals surface area contributed by atoms with Crippen LogP contribution < -0.4 is 10.4 Å². The van der Waals surface area contributed by atoms with Crippen LogP contribution in [0.1, 0.15) is 34.2 Å². The highest BCUT2D eigenvalue weighted by Crippen LogP contribution is 2.38. The second-order valence-corrected chi connectivity index (χ2v) is 7.63. The molecule has 5 rings (SSSR count). The zero-order valence-corrected chi connectivity index (χ0v) is 15.6. The van der Waals surface area contributed by atoms with Gasteiger partial charge in [-0.1, -0.05) is 30.3 Å². The molecule has 27 heavy (non-hydrogen) atoms. The van der Waals surface area contributed by atoms with Crippen LogP contribution >= 0.6 is 0 Å². The average Bonchev–Trinajstić information content (AvgIpc) is 3.19. The summed E-state index contributed by atoms with van der Waals surface area (Å²) >= 11 is 0. The highest BCUT2D eigenvalue weighted by molar-refractivity contribution is 5.87. The molecule has 1 aliphatic carbocycles. The third-order valence-electron chi connectivity index (χ3n) is 5.87. The number of ether oxygens (including phenoxy) is 1. The van der Waals surface area contributed by atoms with Crippen molar-refractivity contribution in [2.75, 3.05) is 13.3 Å². The molecule has 1 aliphatic heterocycles. The molecule has 2 aliphatic rings. The Labute approximate surface area is 158 Å². The normalized spacial score (nSPS) is 16.2. The van der Waals surface area contributed by atoms with E-state index < -0.39 is 0 Å². The number of nitrogens with zero attached hydrogens (tertiary/aromatic N) is 1. The van der Waals surface area contributed by atoms with Gasteiger partial charge in [0.1, 0.15) is 18.1 Å². The Kier molecular flexibility index (Phi) is 4.01. The number of hydrogen-bond donors (Lipinski definition) is 0. The number of rotatable bonds is 3. The van der Waals surface area contributed by atoms with Crippen molar-refractivity contribution in [3.05, 3.63) is 74.6 Å². The lowest BCUT2D eigenvalue weighted by Crippen LogP contribution is -2.34. The van der Waals surface area contributed by atoms with Crippen molar-refractivity contribution >= 4 is 11.0 Å². The Morgan fingerprint density at radius 3 is 2.78 bits per heavy atom. The van der Waals surface area contributed by atoms with Gasteiger partial charge in [-0.2, -0.15) is 0 Å². The maximum Gasteiger partial charge on any atom is 0.339 e. The standard InChI is InChI=1S/C23H23NO3/c1-15-21-17(12-20-18-8-5-9-19(18)23(25)27-22(15)20)13-24(14-26-21)11-10-16-6-3-2-4-7-16/h2-4,6-7,12H,5,8-11,13-14H2,1H3. The lowest BCUT2D eigenvalue weighted by Gasteiger charge is -2.30. The van der Waals surface area contributed by atoms with Crippen molar-refractivity contribution in [1.82, 2.24) is 4.90 Å². The predicted octanol–water partition coefficient (Wildman–Crippen LogP) is 3.98. The van der Waals surface area contributed by atoms with Crippen molar-refractivity contribution in [1.29, 1.82) is 0 Å². The molecule has 0 atom stereocenters. The number of hydrogen-bond acceptors (Lipinski definition) is 4. The molecule has 0 saturated carbocycles. The van der Waals surface area contributed by atoms with Gasteiger partial charge >= 0.3 is 5.63 Å². The van der Waals surface area contributed by atoms with Crippen molar-refractivity contribution in [2.45, 2.75) is 39.2 Å². The zero-order chi connectivity index (χ0) is 18.4. The molecule has 1 aromatic heterocycles. The van der Waals surface area contributed by atoms with Gasteiger partial charge in [0.2, 0.25) is 0 Å². The molecule has 3 aromatic rings. The first-order valence-electron chi connectivity index (χ1n) is 9.71. The summed E-state index contributed by atoms with van der Waals surface area (Å²) in [6, 6.07) is 12.7. The van der Waals surface area contributed by atoms with Crippen LogP contribution in [0.15, 0.2) is 45.6 Å². The van der Waals surface area contributed by atoms with Crippen LogP contribution in [-0.4, -0.2) is 18.2 Å². The van der Waals surface area contributed by atoms with Crippen LogP contribution in [0.5, 0.6) is 5.75 Å². The third kappa shape index (κ3) is 2.85. The quantitative estimate of drug-likeness (QED) is 0.662. The van der Waals surface area contributed by atoms with E-state index in [2.05, 4.69) is 41.3 Å². The molecule has 0 amide bonds. The van der Waals surface area contributed by atoms with E-state index in [1.807, 2.05) is 6.92 Å².